The van der Waals surface area contributed by atoms with Crippen LogP contribution in [0.3, 0.4) is 0 Å². The van der Waals surface area contributed by atoms with Crippen molar-refractivity contribution in [2.75, 3.05) is 39.3 Å². The molecule has 21 heavy (non-hydrogen) atoms. The van der Waals surface area contributed by atoms with Gasteiger partial charge in [-0.25, -0.2) is 0 Å². The van der Waals surface area contributed by atoms with E-state index in [1.54, 1.807) is 12.1 Å². The molecule has 0 aliphatic carbocycles. The minimum atomic E-state index is 0.656. The van der Waals surface area contributed by atoms with Crippen LogP contribution in [0.5, 0.6) is 5.75 Å². The monoisotopic (exact) mass is 285 g/mol. The zero-order valence-corrected chi connectivity index (χ0v) is 12.5. The van der Waals surface area contributed by atoms with Crippen LogP contribution in [-0.4, -0.2) is 55.2 Å². The fourth-order valence-corrected chi connectivity index (χ4v) is 3.43. The first kappa shape index (κ1) is 14.4. The van der Waals surface area contributed by atoms with Gasteiger partial charge < -0.3 is 4.74 Å². The standard InChI is InChI=1S/C17H23N3O/c18-13-15-4-1-6-17(12-15)21-11-10-19-7-3-9-20-8-2-5-16(20)14-19/h1,4,6,12,16H,2-3,5,7-11,14H2. The lowest BCUT2D eigenvalue weighted by Crippen LogP contribution is -2.38. The van der Waals surface area contributed by atoms with Gasteiger partial charge in [0.15, 0.2) is 0 Å². The summed E-state index contributed by atoms with van der Waals surface area (Å²) < 4.78 is 5.80. The summed E-state index contributed by atoms with van der Waals surface area (Å²) in [6, 6.07) is 10.3. The van der Waals surface area contributed by atoms with E-state index in [9.17, 15) is 0 Å². The van der Waals surface area contributed by atoms with Gasteiger partial charge in [0.1, 0.15) is 12.4 Å². The molecule has 2 fully saturated rings. The quantitative estimate of drug-likeness (QED) is 0.849. The van der Waals surface area contributed by atoms with E-state index in [0.29, 0.717) is 12.2 Å². The highest BCUT2D eigenvalue weighted by atomic mass is 16.5. The zero-order valence-electron chi connectivity index (χ0n) is 12.5. The average Bonchev–Trinajstić information content (AvgIpc) is 2.86. The molecule has 1 aromatic carbocycles. The summed E-state index contributed by atoms with van der Waals surface area (Å²) in [4.78, 5) is 5.18. The third kappa shape index (κ3) is 3.75. The lowest BCUT2D eigenvalue weighted by Gasteiger charge is -2.25. The van der Waals surface area contributed by atoms with Crippen molar-refractivity contribution >= 4 is 0 Å². The molecule has 0 amide bonds. The second kappa shape index (κ2) is 6.93. The average molecular weight is 285 g/mol. The number of nitrogens with zero attached hydrogens (tertiary/aromatic N) is 3. The Bertz CT molecular complexity index is 511. The molecule has 112 valence electrons. The molecule has 3 rings (SSSR count). The third-order valence-corrected chi connectivity index (χ3v) is 4.53. The third-order valence-electron chi connectivity index (χ3n) is 4.53. The molecule has 0 aromatic heterocycles. The van der Waals surface area contributed by atoms with Gasteiger partial charge in [0.2, 0.25) is 0 Å². The Balaban J connectivity index is 1.47. The van der Waals surface area contributed by atoms with Crippen molar-refractivity contribution in [3.05, 3.63) is 29.8 Å². The van der Waals surface area contributed by atoms with Crippen LogP contribution >= 0.6 is 0 Å². The largest absolute Gasteiger partial charge is 0.492 e. The summed E-state index contributed by atoms with van der Waals surface area (Å²) in [6.45, 7) is 6.57. The normalized spacial score (nSPS) is 23.3. The molecule has 4 heteroatoms. The highest BCUT2D eigenvalue weighted by molar-refractivity contribution is 5.36. The van der Waals surface area contributed by atoms with Gasteiger partial charge in [-0.1, -0.05) is 6.07 Å². The number of benzene rings is 1. The van der Waals surface area contributed by atoms with Crippen LogP contribution < -0.4 is 4.74 Å². The summed E-state index contributed by atoms with van der Waals surface area (Å²) in [5.74, 6) is 0.798. The molecule has 2 aliphatic heterocycles. The molecule has 0 N–H and O–H groups in total. The Kier molecular flexibility index (Phi) is 4.74. The Labute approximate surface area is 126 Å². The van der Waals surface area contributed by atoms with E-state index >= 15 is 0 Å². The lowest BCUT2D eigenvalue weighted by atomic mass is 10.2. The van der Waals surface area contributed by atoms with Crippen molar-refractivity contribution in [3.8, 4) is 11.8 Å². The first-order valence-electron chi connectivity index (χ1n) is 7.94. The summed E-state index contributed by atoms with van der Waals surface area (Å²) >= 11 is 0. The molecular weight excluding hydrogens is 262 g/mol. The predicted octanol–water partition coefficient (Wildman–Crippen LogP) is 2.11. The van der Waals surface area contributed by atoms with Gasteiger partial charge >= 0.3 is 0 Å². The van der Waals surface area contributed by atoms with Crippen LogP contribution in [0.1, 0.15) is 24.8 Å². The Morgan fingerprint density at radius 2 is 2.14 bits per heavy atom. The topological polar surface area (TPSA) is 39.5 Å². The van der Waals surface area contributed by atoms with E-state index in [-0.39, 0.29) is 0 Å². The van der Waals surface area contributed by atoms with Crippen LogP contribution in [0, 0.1) is 11.3 Å². The van der Waals surface area contributed by atoms with E-state index in [4.69, 9.17) is 10.00 Å². The van der Waals surface area contributed by atoms with Crippen molar-refractivity contribution in [1.29, 1.82) is 5.26 Å². The van der Waals surface area contributed by atoms with Crippen molar-refractivity contribution in [1.82, 2.24) is 9.80 Å². The number of hydrogen-bond acceptors (Lipinski definition) is 4. The second-order valence-corrected chi connectivity index (χ2v) is 5.97. The lowest BCUT2D eigenvalue weighted by molar-refractivity contribution is 0.188. The highest BCUT2D eigenvalue weighted by Gasteiger charge is 2.28. The number of hydrogen-bond donors (Lipinski definition) is 0. The Morgan fingerprint density at radius 1 is 1.24 bits per heavy atom. The summed E-state index contributed by atoms with van der Waals surface area (Å²) in [5.41, 5.74) is 0.656. The highest BCUT2D eigenvalue weighted by Crippen LogP contribution is 2.21. The van der Waals surface area contributed by atoms with Crippen LogP contribution in [-0.2, 0) is 0 Å². The molecule has 0 spiro atoms. The fraction of sp³-hybridized carbons (Fsp3) is 0.588. The van der Waals surface area contributed by atoms with E-state index < -0.39 is 0 Å². The molecule has 0 saturated carbocycles. The van der Waals surface area contributed by atoms with Gasteiger partial charge in [0.25, 0.3) is 0 Å². The maximum atomic E-state index is 8.89. The van der Waals surface area contributed by atoms with E-state index in [1.165, 1.54) is 45.4 Å². The van der Waals surface area contributed by atoms with Gasteiger partial charge in [-0.3, -0.25) is 9.80 Å². The van der Waals surface area contributed by atoms with Crippen molar-refractivity contribution < 1.29 is 4.74 Å². The van der Waals surface area contributed by atoms with Gasteiger partial charge in [-0.15, -0.1) is 0 Å². The molecule has 2 aliphatic rings. The molecule has 1 unspecified atom stereocenters. The smallest absolute Gasteiger partial charge is 0.120 e. The first-order chi connectivity index (χ1) is 10.3. The summed E-state index contributed by atoms with van der Waals surface area (Å²) in [5, 5.41) is 8.89. The number of ether oxygens (including phenoxy) is 1. The number of rotatable bonds is 4. The van der Waals surface area contributed by atoms with Gasteiger partial charge in [-0.2, -0.15) is 5.26 Å². The van der Waals surface area contributed by atoms with E-state index in [1.807, 2.05) is 12.1 Å². The maximum Gasteiger partial charge on any atom is 0.120 e. The molecule has 1 aromatic rings. The van der Waals surface area contributed by atoms with Crippen LogP contribution in [0.25, 0.3) is 0 Å². The van der Waals surface area contributed by atoms with Crippen molar-refractivity contribution in [3.63, 3.8) is 0 Å². The van der Waals surface area contributed by atoms with E-state index in [2.05, 4.69) is 15.9 Å². The zero-order chi connectivity index (χ0) is 14.5. The molecule has 2 saturated heterocycles. The first-order valence-corrected chi connectivity index (χ1v) is 7.94. The number of nitriles is 1. The Morgan fingerprint density at radius 3 is 3.05 bits per heavy atom. The molecule has 0 bridgehead atoms. The van der Waals surface area contributed by atoms with Gasteiger partial charge in [-0.05, 0) is 57.1 Å². The van der Waals surface area contributed by atoms with Crippen LogP contribution in [0.2, 0.25) is 0 Å². The fourth-order valence-electron chi connectivity index (χ4n) is 3.43. The van der Waals surface area contributed by atoms with Gasteiger partial charge in [0.05, 0.1) is 11.6 Å². The van der Waals surface area contributed by atoms with E-state index in [0.717, 1.165) is 18.3 Å². The minimum absolute atomic E-state index is 0.656. The predicted molar refractivity (Wildman–Crippen MR) is 82.3 cm³/mol. The van der Waals surface area contributed by atoms with Crippen LogP contribution in [0.4, 0.5) is 0 Å². The Hall–Kier alpha value is -1.57. The molecule has 1 atom stereocenters. The minimum Gasteiger partial charge on any atom is -0.492 e. The summed E-state index contributed by atoms with van der Waals surface area (Å²) in [6.07, 6.45) is 3.97. The molecule has 0 radical (unpaired) electrons. The molecular formula is C17H23N3O. The van der Waals surface area contributed by atoms with Crippen molar-refractivity contribution in [2.45, 2.75) is 25.3 Å². The van der Waals surface area contributed by atoms with Crippen LogP contribution in [0.15, 0.2) is 24.3 Å². The summed E-state index contributed by atoms with van der Waals surface area (Å²) in [7, 11) is 0. The SMILES string of the molecule is N#Cc1cccc(OCCN2CCCN3CCCC3C2)c1. The van der Waals surface area contributed by atoms with Gasteiger partial charge in [0, 0.05) is 19.1 Å². The molecule has 4 nitrogen and oxygen atoms in total. The second-order valence-electron chi connectivity index (χ2n) is 5.97. The van der Waals surface area contributed by atoms with Crippen molar-refractivity contribution in [2.24, 2.45) is 0 Å². The maximum absolute atomic E-state index is 8.89. The molecule has 2 heterocycles. The number of fused-ring (bicyclic) bond motifs is 1.